The predicted molar refractivity (Wildman–Crippen MR) is 98.2 cm³/mol. The molecule has 1 atom stereocenters. The summed E-state index contributed by atoms with van der Waals surface area (Å²) >= 11 is 6.10. The summed E-state index contributed by atoms with van der Waals surface area (Å²) in [4.78, 5) is 14.4. The molecule has 1 heterocycles. The van der Waals surface area contributed by atoms with Crippen LogP contribution in [0.1, 0.15) is 23.1 Å². The maximum Gasteiger partial charge on any atom is 0.220 e. The molecule has 0 saturated heterocycles. The molecule has 0 aromatic heterocycles. The Bertz CT molecular complexity index is 702. The summed E-state index contributed by atoms with van der Waals surface area (Å²) in [5.74, 6) is 0.115. The molecule has 24 heavy (non-hydrogen) atoms. The van der Waals surface area contributed by atoms with Gasteiger partial charge in [-0.15, -0.1) is 0 Å². The first-order valence-electron chi connectivity index (χ1n) is 8.40. The Morgan fingerprint density at radius 3 is 2.79 bits per heavy atom. The third-order valence-electron chi connectivity index (χ3n) is 4.69. The Morgan fingerprint density at radius 1 is 1.21 bits per heavy atom. The number of carbonyl (C=O) groups excluding carboxylic acids is 1. The maximum absolute atomic E-state index is 12.1. The van der Waals surface area contributed by atoms with Crippen molar-refractivity contribution in [2.24, 2.45) is 0 Å². The molecule has 1 aliphatic rings. The van der Waals surface area contributed by atoms with Crippen LogP contribution in [0.4, 0.5) is 0 Å². The molecule has 4 heteroatoms. The molecule has 1 aliphatic heterocycles. The van der Waals surface area contributed by atoms with E-state index in [1.54, 1.807) is 0 Å². The summed E-state index contributed by atoms with van der Waals surface area (Å²) in [6.07, 6.45) is 2.24. The van der Waals surface area contributed by atoms with Gasteiger partial charge in [0, 0.05) is 30.6 Å². The predicted octanol–water partition coefficient (Wildman–Crippen LogP) is 3.45. The van der Waals surface area contributed by atoms with Gasteiger partial charge in [-0.3, -0.25) is 9.69 Å². The van der Waals surface area contributed by atoms with E-state index in [0.717, 1.165) is 24.4 Å². The van der Waals surface area contributed by atoms with E-state index in [2.05, 4.69) is 35.5 Å². The normalized spacial score (nSPS) is 17.3. The van der Waals surface area contributed by atoms with Gasteiger partial charge in [0.1, 0.15) is 0 Å². The lowest BCUT2D eigenvalue weighted by Crippen LogP contribution is -2.45. The molecule has 3 nitrogen and oxygen atoms in total. The van der Waals surface area contributed by atoms with Crippen LogP contribution in [0.5, 0.6) is 0 Å². The minimum Gasteiger partial charge on any atom is -0.355 e. The van der Waals surface area contributed by atoms with E-state index in [1.807, 2.05) is 30.3 Å². The van der Waals surface area contributed by atoms with Gasteiger partial charge in [0.05, 0.1) is 0 Å². The van der Waals surface area contributed by atoms with Gasteiger partial charge in [-0.1, -0.05) is 48.0 Å². The van der Waals surface area contributed by atoms with Crippen molar-refractivity contribution < 1.29 is 4.79 Å². The van der Waals surface area contributed by atoms with Crippen molar-refractivity contribution in [3.05, 3.63) is 70.2 Å². The summed E-state index contributed by atoms with van der Waals surface area (Å²) in [5.41, 5.74) is 3.82. The van der Waals surface area contributed by atoms with Crippen LogP contribution in [-0.2, 0) is 24.2 Å². The highest BCUT2D eigenvalue weighted by Crippen LogP contribution is 2.24. The average molecular weight is 343 g/mol. The number of hydrogen-bond acceptors (Lipinski definition) is 2. The van der Waals surface area contributed by atoms with Crippen LogP contribution in [0.15, 0.2) is 48.5 Å². The molecule has 0 aliphatic carbocycles. The summed E-state index contributed by atoms with van der Waals surface area (Å²) in [6, 6.07) is 16.5. The molecule has 0 unspecified atom stereocenters. The number of carbonyl (C=O) groups is 1. The third kappa shape index (κ3) is 4.37. The molecule has 0 spiro atoms. The Hall–Kier alpha value is -1.84. The fourth-order valence-electron chi connectivity index (χ4n) is 3.20. The number of nitrogens with zero attached hydrogens (tertiary/aromatic N) is 1. The van der Waals surface area contributed by atoms with Crippen LogP contribution in [0.3, 0.4) is 0 Å². The topological polar surface area (TPSA) is 32.3 Å². The van der Waals surface area contributed by atoms with E-state index < -0.39 is 0 Å². The van der Waals surface area contributed by atoms with Gasteiger partial charge < -0.3 is 5.32 Å². The van der Waals surface area contributed by atoms with Crippen LogP contribution in [0.25, 0.3) is 0 Å². The van der Waals surface area contributed by atoms with Gasteiger partial charge >= 0.3 is 0 Å². The largest absolute Gasteiger partial charge is 0.355 e. The first-order chi connectivity index (χ1) is 11.6. The fraction of sp³-hybridized carbons (Fsp3) is 0.350. The highest BCUT2D eigenvalue weighted by atomic mass is 35.5. The van der Waals surface area contributed by atoms with Gasteiger partial charge in [-0.25, -0.2) is 0 Å². The zero-order chi connectivity index (χ0) is 16.9. The molecular formula is C20H23ClN2O. The Balaban J connectivity index is 1.50. The zero-order valence-corrected chi connectivity index (χ0v) is 14.7. The molecule has 0 fully saturated rings. The first kappa shape index (κ1) is 17.0. The molecule has 0 saturated carbocycles. The minimum atomic E-state index is 0.115. The Kier molecular flexibility index (Phi) is 5.54. The number of halogens is 1. The lowest BCUT2D eigenvalue weighted by atomic mass is 9.94. The smallest absolute Gasteiger partial charge is 0.220 e. The van der Waals surface area contributed by atoms with Crippen molar-refractivity contribution in [3.63, 3.8) is 0 Å². The first-order valence-corrected chi connectivity index (χ1v) is 8.78. The number of aryl methyl sites for hydroxylation is 1. The lowest BCUT2D eigenvalue weighted by molar-refractivity contribution is -0.121. The molecular weight excluding hydrogens is 320 g/mol. The number of amides is 1. The summed E-state index contributed by atoms with van der Waals surface area (Å²) < 4.78 is 0. The number of benzene rings is 2. The molecule has 126 valence electrons. The second kappa shape index (κ2) is 7.82. The third-order valence-corrected chi connectivity index (χ3v) is 4.92. The van der Waals surface area contributed by atoms with Crippen LogP contribution < -0.4 is 5.32 Å². The quantitative estimate of drug-likeness (QED) is 0.902. The van der Waals surface area contributed by atoms with Crippen molar-refractivity contribution in [2.45, 2.75) is 31.8 Å². The Morgan fingerprint density at radius 2 is 2.00 bits per heavy atom. The van der Waals surface area contributed by atoms with Crippen LogP contribution in [0.2, 0.25) is 5.02 Å². The van der Waals surface area contributed by atoms with Gasteiger partial charge in [0.15, 0.2) is 0 Å². The van der Waals surface area contributed by atoms with Gasteiger partial charge in [0.2, 0.25) is 5.91 Å². The van der Waals surface area contributed by atoms with Gasteiger partial charge in [-0.2, -0.15) is 0 Å². The van der Waals surface area contributed by atoms with Crippen molar-refractivity contribution in [2.75, 3.05) is 13.6 Å². The summed E-state index contributed by atoms with van der Waals surface area (Å²) in [5, 5.41) is 3.87. The lowest BCUT2D eigenvalue weighted by Gasteiger charge is -2.34. The van der Waals surface area contributed by atoms with E-state index in [9.17, 15) is 4.79 Å². The summed E-state index contributed by atoms with van der Waals surface area (Å²) in [7, 11) is 2.11. The monoisotopic (exact) mass is 342 g/mol. The van der Waals surface area contributed by atoms with Crippen molar-refractivity contribution >= 4 is 17.5 Å². The van der Waals surface area contributed by atoms with E-state index in [1.165, 1.54) is 16.7 Å². The van der Waals surface area contributed by atoms with Gasteiger partial charge in [-0.05, 0) is 48.7 Å². The fourth-order valence-corrected chi connectivity index (χ4v) is 3.39. The van der Waals surface area contributed by atoms with Crippen molar-refractivity contribution in [3.8, 4) is 0 Å². The number of rotatable bonds is 5. The standard InChI is InChI=1S/C20H23ClN2O/c1-23-14-16-8-9-18(21)11-17(16)12-19(23)13-22-20(24)10-7-15-5-3-2-4-6-15/h2-6,8-9,11,19H,7,10,12-14H2,1H3,(H,22,24)/t19-/m1/s1. The average Bonchev–Trinajstić information content (AvgIpc) is 2.59. The van der Waals surface area contributed by atoms with Crippen LogP contribution in [-0.4, -0.2) is 30.4 Å². The number of hydrogen-bond donors (Lipinski definition) is 1. The van der Waals surface area contributed by atoms with E-state index >= 15 is 0 Å². The second-order valence-electron chi connectivity index (χ2n) is 6.48. The van der Waals surface area contributed by atoms with Gasteiger partial charge in [0.25, 0.3) is 0 Å². The molecule has 1 amide bonds. The van der Waals surface area contributed by atoms with Crippen LogP contribution in [0, 0.1) is 0 Å². The minimum absolute atomic E-state index is 0.115. The molecule has 0 bridgehead atoms. The molecule has 2 aromatic rings. The maximum atomic E-state index is 12.1. The van der Waals surface area contributed by atoms with Crippen molar-refractivity contribution in [1.29, 1.82) is 0 Å². The van der Waals surface area contributed by atoms with E-state index in [-0.39, 0.29) is 5.91 Å². The highest BCUT2D eigenvalue weighted by molar-refractivity contribution is 6.30. The zero-order valence-electron chi connectivity index (χ0n) is 14.0. The Labute approximate surface area is 148 Å². The van der Waals surface area contributed by atoms with E-state index in [4.69, 9.17) is 11.6 Å². The molecule has 0 radical (unpaired) electrons. The molecule has 3 rings (SSSR count). The second-order valence-corrected chi connectivity index (χ2v) is 6.91. The molecule has 2 aromatic carbocycles. The SMILES string of the molecule is CN1Cc2ccc(Cl)cc2C[C@@H]1CNC(=O)CCc1ccccc1. The number of nitrogens with one attached hydrogen (secondary N) is 1. The number of likely N-dealkylation sites (N-methyl/N-ethyl adjacent to an activating group) is 1. The van der Waals surface area contributed by atoms with Crippen molar-refractivity contribution in [1.82, 2.24) is 10.2 Å². The molecule has 1 N–H and O–H groups in total. The van der Waals surface area contributed by atoms with Crippen LogP contribution >= 0.6 is 11.6 Å². The summed E-state index contributed by atoms with van der Waals surface area (Å²) in [6.45, 7) is 1.58. The number of fused-ring (bicyclic) bond motifs is 1. The van der Waals surface area contributed by atoms with E-state index in [0.29, 0.717) is 19.0 Å². The highest BCUT2D eigenvalue weighted by Gasteiger charge is 2.23.